The first-order valence-electron chi connectivity index (χ1n) is 12.6. The highest BCUT2D eigenvalue weighted by Crippen LogP contribution is 2.36. The number of benzene rings is 2. The number of hydrogen-bond acceptors (Lipinski definition) is 4. The number of likely N-dealkylation sites (tertiary alicyclic amines) is 1. The van der Waals surface area contributed by atoms with Crippen LogP contribution in [0.25, 0.3) is 10.9 Å². The van der Waals surface area contributed by atoms with Crippen molar-refractivity contribution in [3.63, 3.8) is 0 Å². The van der Waals surface area contributed by atoms with Gasteiger partial charge in [-0.1, -0.05) is 32.0 Å². The Morgan fingerprint density at radius 2 is 1.75 bits per heavy atom. The first-order chi connectivity index (χ1) is 17.1. The molecule has 4 amide bonds. The summed E-state index contributed by atoms with van der Waals surface area (Å²) in [5, 5.41) is 11.2. The molecule has 1 atom stereocenters. The number of carbonyl (C=O) groups excluding carboxylic acids is 3. The summed E-state index contributed by atoms with van der Waals surface area (Å²) in [6.45, 7) is 9.37. The Kier molecular flexibility index (Phi) is 5.85. The van der Waals surface area contributed by atoms with Crippen molar-refractivity contribution < 1.29 is 14.4 Å². The SMILES string of the molecule is Cc1cc(C)c2c(C3CCN(C(=O)c4ccc(C5(C(C)C)NC(=O)NC5=O)cc4)CC3)nn(C)c2c1. The van der Waals surface area contributed by atoms with E-state index in [1.807, 2.05) is 30.5 Å². The molecule has 3 aromatic rings. The maximum atomic E-state index is 13.3. The van der Waals surface area contributed by atoms with Crippen molar-refractivity contribution >= 4 is 28.7 Å². The fourth-order valence-corrected chi connectivity index (χ4v) is 5.91. The second-order valence-electron chi connectivity index (χ2n) is 10.5. The molecular formula is C28H33N5O3. The van der Waals surface area contributed by atoms with Crippen LogP contribution in [-0.4, -0.2) is 45.6 Å². The van der Waals surface area contributed by atoms with Gasteiger partial charge >= 0.3 is 6.03 Å². The molecule has 2 N–H and O–H groups in total. The Hall–Kier alpha value is -3.68. The van der Waals surface area contributed by atoms with Crippen LogP contribution in [-0.2, 0) is 17.4 Å². The number of nitrogens with one attached hydrogen (secondary N) is 2. The second kappa shape index (κ2) is 8.76. The fraction of sp³-hybridized carbons (Fsp3) is 0.429. The molecule has 8 heteroatoms. The smallest absolute Gasteiger partial charge is 0.322 e. The van der Waals surface area contributed by atoms with Crippen LogP contribution in [0.5, 0.6) is 0 Å². The van der Waals surface area contributed by atoms with Gasteiger partial charge in [0.2, 0.25) is 0 Å². The molecule has 188 valence electrons. The Bertz CT molecular complexity index is 1370. The lowest BCUT2D eigenvalue weighted by Crippen LogP contribution is -2.48. The molecular weight excluding hydrogens is 454 g/mol. The summed E-state index contributed by atoms with van der Waals surface area (Å²) in [4.78, 5) is 39.6. The Morgan fingerprint density at radius 3 is 2.33 bits per heavy atom. The first kappa shape index (κ1) is 24.0. The highest BCUT2D eigenvalue weighted by Gasteiger charge is 2.50. The molecule has 8 nitrogen and oxygen atoms in total. The maximum Gasteiger partial charge on any atom is 0.322 e. The highest BCUT2D eigenvalue weighted by molar-refractivity contribution is 6.07. The summed E-state index contributed by atoms with van der Waals surface area (Å²) < 4.78 is 1.97. The van der Waals surface area contributed by atoms with Gasteiger partial charge in [0.05, 0.1) is 11.2 Å². The molecule has 2 aliphatic rings. The van der Waals surface area contributed by atoms with Crippen molar-refractivity contribution in [2.45, 2.75) is 52.0 Å². The van der Waals surface area contributed by atoms with E-state index in [4.69, 9.17) is 5.10 Å². The fourth-order valence-electron chi connectivity index (χ4n) is 5.91. The number of aromatic nitrogens is 2. The molecule has 5 rings (SSSR count). The Morgan fingerprint density at radius 1 is 1.08 bits per heavy atom. The Labute approximate surface area is 211 Å². The van der Waals surface area contributed by atoms with Crippen LogP contribution < -0.4 is 10.6 Å². The summed E-state index contributed by atoms with van der Waals surface area (Å²) in [6, 6.07) is 11.0. The van der Waals surface area contributed by atoms with Crippen LogP contribution in [0.4, 0.5) is 4.79 Å². The molecule has 0 aliphatic carbocycles. The second-order valence-corrected chi connectivity index (χ2v) is 10.5. The number of urea groups is 1. The summed E-state index contributed by atoms with van der Waals surface area (Å²) in [6.07, 6.45) is 1.73. The zero-order valence-corrected chi connectivity index (χ0v) is 21.5. The molecule has 1 aromatic heterocycles. The van der Waals surface area contributed by atoms with E-state index >= 15 is 0 Å². The number of piperidine rings is 1. The van der Waals surface area contributed by atoms with Crippen molar-refractivity contribution in [1.82, 2.24) is 25.3 Å². The number of fused-ring (bicyclic) bond motifs is 1. The van der Waals surface area contributed by atoms with Crippen LogP contribution in [0.1, 0.15) is 65.3 Å². The summed E-state index contributed by atoms with van der Waals surface area (Å²) in [5.74, 6) is -0.219. The molecule has 0 bridgehead atoms. The van der Waals surface area contributed by atoms with Crippen molar-refractivity contribution in [3.05, 3.63) is 64.3 Å². The standard InChI is InChI=1S/C28H33N5O3/c1-16(2)28(26(35)29-27(36)30-28)21-8-6-20(7-9-21)25(34)33-12-10-19(11-13-33)24-23-18(4)14-17(3)15-22(23)32(5)31-24/h6-9,14-16,19H,10-13H2,1-5H3,(H2,29,30,35,36). The third kappa shape index (κ3) is 3.75. The molecule has 36 heavy (non-hydrogen) atoms. The number of rotatable bonds is 4. The van der Waals surface area contributed by atoms with E-state index in [1.54, 1.807) is 24.3 Å². The molecule has 2 fully saturated rings. The van der Waals surface area contributed by atoms with Gasteiger partial charge in [-0.05, 0) is 67.5 Å². The van der Waals surface area contributed by atoms with Gasteiger partial charge in [-0.2, -0.15) is 5.10 Å². The minimum absolute atomic E-state index is 0.0174. The highest BCUT2D eigenvalue weighted by atomic mass is 16.2. The quantitative estimate of drug-likeness (QED) is 0.546. The van der Waals surface area contributed by atoms with Crippen molar-refractivity contribution in [1.29, 1.82) is 0 Å². The van der Waals surface area contributed by atoms with Crippen LogP contribution in [0.3, 0.4) is 0 Å². The van der Waals surface area contributed by atoms with Crippen LogP contribution in [0.2, 0.25) is 0 Å². The summed E-state index contributed by atoms with van der Waals surface area (Å²) >= 11 is 0. The van der Waals surface area contributed by atoms with Gasteiger partial charge in [-0.15, -0.1) is 0 Å². The lowest BCUT2D eigenvalue weighted by molar-refractivity contribution is -0.125. The van der Waals surface area contributed by atoms with E-state index in [0.717, 1.165) is 24.1 Å². The average Bonchev–Trinajstić information content (AvgIpc) is 3.35. The van der Waals surface area contributed by atoms with Gasteiger partial charge in [0.15, 0.2) is 0 Å². The van der Waals surface area contributed by atoms with Gasteiger partial charge < -0.3 is 10.2 Å². The van der Waals surface area contributed by atoms with Crippen molar-refractivity contribution in [2.24, 2.45) is 13.0 Å². The summed E-state index contributed by atoms with van der Waals surface area (Å²) in [7, 11) is 2.00. The molecule has 2 aromatic carbocycles. The number of carbonyl (C=O) groups is 3. The van der Waals surface area contributed by atoms with E-state index in [1.165, 1.54) is 16.5 Å². The van der Waals surface area contributed by atoms with Gasteiger partial charge in [0.1, 0.15) is 5.54 Å². The number of aryl methyl sites for hydroxylation is 3. The third-order valence-electron chi connectivity index (χ3n) is 7.84. The predicted octanol–water partition coefficient (Wildman–Crippen LogP) is 3.90. The number of hydrogen-bond donors (Lipinski definition) is 2. The molecule has 1 unspecified atom stereocenters. The number of nitrogens with zero attached hydrogens (tertiary/aromatic N) is 3. The number of imide groups is 1. The molecule has 0 spiro atoms. The van der Waals surface area contributed by atoms with Crippen LogP contribution >= 0.6 is 0 Å². The summed E-state index contributed by atoms with van der Waals surface area (Å²) in [5.41, 5.74) is 4.90. The van der Waals surface area contributed by atoms with Gasteiger partial charge in [0.25, 0.3) is 11.8 Å². The first-order valence-corrected chi connectivity index (χ1v) is 12.6. The molecule has 3 heterocycles. The number of amides is 4. The third-order valence-corrected chi connectivity index (χ3v) is 7.84. The molecule has 0 saturated carbocycles. The van der Waals surface area contributed by atoms with E-state index in [2.05, 4.69) is 36.6 Å². The lowest BCUT2D eigenvalue weighted by atomic mass is 9.79. The van der Waals surface area contributed by atoms with E-state index < -0.39 is 11.6 Å². The minimum Gasteiger partial charge on any atom is -0.339 e. The van der Waals surface area contributed by atoms with Crippen molar-refractivity contribution in [2.75, 3.05) is 13.1 Å². The normalized spacial score (nSPS) is 20.8. The maximum absolute atomic E-state index is 13.3. The topological polar surface area (TPSA) is 96.3 Å². The largest absolute Gasteiger partial charge is 0.339 e. The minimum atomic E-state index is -1.13. The lowest BCUT2D eigenvalue weighted by Gasteiger charge is -2.32. The predicted molar refractivity (Wildman–Crippen MR) is 138 cm³/mol. The van der Waals surface area contributed by atoms with Gasteiger partial charge in [0, 0.05) is 37.0 Å². The molecule has 2 saturated heterocycles. The van der Waals surface area contributed by atoms with E-state index in [0.29, 0.717) is 30.1 Å². The molecule has 0 radical (unpaired) electrons. The van der Waals surface area contributed by atoms with E-state index in [-0.39, 0.29) is 17.7 Å². The Balaban J connectivity index is 1.31. The van der Waals surface area contributed by atoms with Gasteiger partial charge in [-0.25, -0.2) is 4.79 Å². The average molecular weight is 488 g/mol. The van der Waals surface area contributed by atoms with Crippen LogP contribution in [0.15, 0.2) is 36.4 Å². The zero-order chi connectivity index (χ0) is 25.8. The monoisotopic (exact) mass is 487 g/mol. The van der Waals surface area contributed by atoms with E-state index in [9.17, 15) is 14.4 Å². The van der Waals surface area contributed by atoms with Crippen LogP contribution in [0, 0.1) is 19.8 Å². The molecule has 2 aliphatic heterocycles. The van der Waals surface area contributed by atoms with Gasteiger partial charge in [-0.3, -0.25) is 19.6 Å². The zero-order valence-electron chi connectivity index (χ0n) is 21.5. The van der Waals surface area contributed by atoms with Crippen molar-refractivity contribution in [3.8, 4) is 0 Å².